The molecule has 1 aromatic heterocycles. The average Bonchev–Trinajstić information content (AvgIpc) is 2.91. The molecule has 2 aromatic rings. The van der Waals surface area contributed by atoms with Crippen LogP contribution < -0.4 is 14.8 Å². The van der Waals surface area contributed by atoms with E-state index in [1.165, 1.54) is 6.20 Å². The quantitative estimate of drug-likeness (QED) is 0.895. The van der Waals surface area contributed by atoms with Crippen LogP contribution in [0.5, 0.6) is 11.5 Å². The standard InChI is InChI=1S/C14H17N3O3/c1-17-9-11(8-16-17)14(18)15-7-10-4-12(19-2)6-13(5-10)20-3/h4-6,8-9H,7H2,1-3H3,(H,15,18). The van der Waals surface area contributed by atoms with Crippen molar-refractivity contribution in [1.29, 1.82) is 0 Å². The summed E-state index contributed by atoms with van der Waals surface area (Å²) in [6, 6.07) is 5.49. The second-order valence-electron chi connectivity index (χ2n) is 4.31. The normalized spacial score (nSPS) is 10.2. The first kappa shape index (κ1) is 13.9. The molecule has 0 saturated carbocycles. The Labute approximate surface area is 117 Å². The van der Waals surface area contributed by atoms with E-state index in [4.69, 9.17) is 9.47 Å². The lowest BCUT2D eigenvalue weighted by atomic mass is 10.2. The molecule has 0 atom stereocenters. The van der Waals surface area contributed by atoms with Crippen molar-refractivity contribution in [2.75, 3.05) is 14.2 Å². The molecule has 1 aromatic carbocycles. The first-order valence-corrected chi connectivity index (χ1v) is 6.11. The predicted octanol–water partition coefficient (Wildman–Crippen LogP) is 1.37. The minimum atomic E-state index is -0.167. The van der Waals surface area contributed by atoms with Gasteiger partial charge in [0.05, 0.1) is 26.0 Å². The highest BCUT2D eigenvalue weighted by Crippen LogP contribution is 2.22. The van der Waals surface area contributed by atoms with E-state index < -0.39 is 0 Å². The number of hydrogen-bond donors (Lipinski definition) is 1. The van der Waals surface area contributed by atoms with E-state index in [9.17, 15) is 4.79 Å². The fourth-order valence-corrected chi connectivity index (χ4v) is 1.79. The van der Waals surface area contributed by atoms with Gasteiger partial charge in [0.25, 0.3) is 5.91 Å². The number of hydrogen-bond acceptors (Lipinski definition) is 4. The highest BCUT2D eigenvalue weighted by molar-refractivity contribution is 5.93. The highest BCUT2D eigenvalue weighted by atomic mass is 16.5. The van der Waals surface area contributed by atoms with Crippen LogP contribution in [0.3, 0.4) is 0 Å². The summed E-state index contributed by atoms with van der Waals surface area (Å²) in [7, 11) is 4.95. The van der Waals surface area contributed by atoms with Gasteiger partial charge in [-0.15, -0.1) is 0 Å². The maximum atomic E-state index is 11.9. The summed E-state index contributed by atoms with van der Waals surface area (Å²) >= 11 is 0. The van der Waals surface area contributed by atoms with E-state index in [-0.39, 0.29) is 5.91 Å². The molecule has 6 heteroatoms. The third-order valence-electron chi connectivity index (χ3n) is 2.83. The third-order valence-corrected chi connectivity index (χ3v) is 2.83. The molecule has 20 heavy (non-hydrogen) atoms. The van der Waals surface area contributed by atoms with Crippen LogP contribution in [0.25, 0.3) is 0 Å². The minimum Gasteiger partial charge on any atom is -0.497 e. The van der Waals surface area contributed by atoms with Gasteiger partial charge < -0.3 is 14.8 Å². The van der Waals surface area contributed by atoms with Gasteiger partial charge >= 0.3 is 0 Å². The van der Waals surface area contributed by atoms with E-state index in [1.807, 2.05) is 12.1 Å². The van der Waals surface area contributed by atoms with Gasteiger partial charge in [-0.3, -0.25) is 9.48 Å². The Balaban J connectivity index is 2.05. The summed E-state index contributed by atoms with van der Waals surface area (Å²) in [6.45, 7) is 0.390. The molecule has 1 amide bonds. The monoisotopic (exact) mass is 275 g/mol. The molecule has 0 saturated heterocycles. The first-order valence-electron chi connectivity index (χ1n) is 6.11. The molecule has 0 aliphatic carbocycles. The molecule has 2 rings (SSSR count). The number of aryl methyl sites for hydroxylation is 1. The van der Waals surface area contributed by atoms with Gasteiger partial charge in [0.2, 0.25) is 0 Å². The summed E-state index contributed by atoms with van der Waals surface area (Å²) in [6.07, 6.45) is 3.20. The Morgan fingerprint density at radius 3 is 2.40 bits per heavy atom. The maximum Gasteiger partial charge on any atom is 0.254 e. The third kappa shape index (κ3) is 3.28. The number of carbonyl (C=O) groups is 1. The molecule has 0 aliphatic heterocycles. The largest absolute Gasteiger partial charge is 0.497 e. The highest BCUT2D eigenvalue weighted by Gasteiger charge is 2.08. The van der Waals surface area contributed by atoms with Crippen LogP contribution in [0.15, 0.2) is 30.6 Å². The molecule has 0 aliphatic rings. The van der Waals surface area contributed by atoms with Crippen LogP contribution >= 0.6 is 0 Å². The first-order chi connectivity index (χ1) is 9.62. The second-order valence-corrected chi connectivity index (χ2v) is 4.31. The molecule has 1 N–H and O–H groups in total. The zero-order valence-electron chi connectivity index (χ0n) is 11.7. The second kappa shape index (κ2) is 6.10. The summed E-state index contributed by atoms with van der Waals surface area (Å²) in [5, 5.41) is 6.79. The number of methoxy groups -OCH3 is 2. The topological polar surface area (TPSA) is 65.4 Å². The number of ether oxygens (including phenoxy) is 2. The Kier molecular flexibility index (Phi) is 4.24. The molecule has 106 valence electrons. The van der Waals surface area contributed by atoms with Gasteiger partial charge in [-0.2, -0.15) is 5.10 Å². The van der Waals surface area contributed by atoms with Crippen molar-refractivity contribution in [3.63, 3.8) is 0 Å². The molecule has 0 radical (unpaired) electrons. The smallest absolute Gasteiger partial charge is 0.254 e. The van der Waals surface area contributed by atoms with Crippen molar-refractivity contribution >= 4 is 5.91 Å². The van der Waals surface area contributed by atoms with E-state index in [0.29, 0.717) is 23.6 Å². The average molecular weight is 275 g/mol. The molecule has 0 bridgehead atoms. The van der Waals surface area contributed by atoms with Gasteiger partial charge in [-0.05, 0) is 17.7 Å². The lowest BCUT2D eigenvalue weighted by Gasteiger charge is -2.09. The molecule has 6 nitrogen and oxygen atoms in total. The van der Waals surface area contributed by atoms with E-state index >= 15 is 0 Å². The number of carbonyl (C=O) groups excluding carboxylic acids is 1. The number of nitrogens with zero attached hydrogens (tertiary/aromatic N) is 2. The van der Waals surface area contributed by atoms with Crippen LogP contribution in [-0.4, -0.2) is 29.9 Å². The number of amides is 1. The van der Waals surface area contributed by atoms with Crippen molar-refractivity contribution in [2.24, 2.45) is 7.05 Å². The zero-order chi connectivity index (χ0) is 14.5. The molecule has 1 heterocycles. The Morgan fingerprint density at radius 1 is 1.25 bits per heavy atom. The minimum absolute atomic E-state index is 0.167. The number of rotatable bonds is 5. The summed E-state index contributed by atoms with van der Waals surface area (Å²) < 4.78 is 12.0. The lowest BCUT2D eigenvalue weighted by Crippen LogP contribution is -2.22. The molecular weight excluding hydrogens is 258 g/mol. The fourth-order valence-electron chi connectivity index (χ4n) is 1.79. The van der Waals surface area contributed by atoms with Crippen LogP contribution in [0.2, 0.25) is 0 Å². The van der Waals surface area contributed by atoms with E-state index in [1.54, 1.807) is 38.2 Å². The van der Waals surface area contributed by atoms with E-state index in [0.717, 1.165) is 5.56 Å². The van der Waals surface area contributed by atoms with Crippen molar-refractivity contribution < 1.29 is 14.3 Å². The van der Waals surface area contributed by atoms with Crippen molar-refractivity contribution in [2.45, 2.75) is 6.54 Å². The summed E-state index contributed by atoms with van der Waals surface area (Å²) in [4.78, 5) is 11.9. The predicted molar refractivity (Wildman–Crippen MR) is 73.9 cm³/mol. The Bertz CT molecular complexity index is 585. The van der Waals surface area contributed by atoms with Crippen LogP contribution in [0, 0.1) is 0 Å². The van der Waals surface area contributed by atoms with Gasteiger partial charge in [0.1, 0.15) is 11.5 Å². The Hall–Kier alpha value is -2.50. The summed E-state index contributed by atoms with van der Waals surface area (Å²) in [5.41, 5.74) is 1.43. The van der Waals surface area contributed by atoms with Crippen molar-refractivity contribution in [3.05, 3.63) is 41.7 Å². The van der Waals surface area contributed by atoms with Gasteiger partial charge in [0.15, 0.2) is 0 Å². The van der Waals surface area contributed by atoms with Gasteiger partial charge in [0, 0.05) is 25.9 Å². The van der Waals surface area contributed by atoms with Crippen molar-refractivity contribution in [1.82, 2.24) is 15.1 Å². The fraction of sp³-hybridized carbons (Fsp3) is 0.286. The van der Waals surface area contributed by atoms with Gasteiger partial charge in [-0.1, -0.05) is 0 Å². The van der Waals surface area contributed by atoms with E-state index in [2.05, 4.69) is 10.4 Å². The molecule has 0 fully saturated rings. The maximum absolute atomic E-state index is 11.9. The lowest BCUT2D eigenvalue weighted by molar-refractivity contribution is 0.0950. The molecular formula is C14H17N3O3. The van der Waals surface area contributed by atoms with Crippen LogP contribution in [0.1, 0.15) is 15.9 Å². The zero-order valence-corrected chi connectivity index (χ0v) is 11.7. The number of benzene rings is 1. The number of aromatic nitrogens is 2. The number of nitrogens with one attached hydrogen (secondary N) is 1. The molecule has 0 unspecified atom stereocenters. The van der Waals surface area contributed by atoms with Crippen molar-refractivity contribution in [3.8, 4) is 11.5 Å². The Morgan fingerprint density at radius 2 is 1.90 bits per heavy atom. The SMILES string of the molecule is COc1cc(CNC(=O)c2cnn(C)c2)cc(OC)c1. The molecule has 0 spiro atoms. The summed E-state index contributed by atoms with van der Waals surface area (Å²) in [5.74, 6) is 1.21. The van der Waals surface area contributed by atoms with Crippen LogP contribution in [0.4, 0.5) is 0 Å². The van der Waals surface area contributed by atoms with Crippen LogP contribution in [-0.2, 0) is 13.6 Å². The van der Waals surface area contributed by atoms with Gasteiger partial charge in [-0.25, -0.2) is 0 Å².